The Labute approximate surface area is 164 Å². The second-order valence-corrected chi connectivity index (χ2v) is 8.79. The van der Waals surface area contributed by atoms with E-state index in [4.69, 9.17) is 4.98 Å². The van der Waals surface area contributed by atoms with Crippen molar-refractivity contribution in [3.8, 4) is 0 Å². The van der Waals surface area contributed by atoms with E-state index in [2.05, 4.69) is 36.7 Å². The lowest BCUT2D eigenvalue weighted by Crippen LogP contribution is -2.29. The summed E-state index contributed by atoms with van der Waals surface area (Å²) in [5, 5.41) is 14.3. The van der Waals surface area contributed by atoms with Gasteiger partial charge in [0.05, 0.1) is 16.0 Å². The first-order chi connectivity index (χ1) is 13.3. The van der Waals surface area contributed by atoms with Gasteiger partial charge in [-0.1, -0.05) is 32.9 Å². The number of non-ortho nitro benzene ring substituents is 1. The summed E-state index contributed by atoms with van der Waals surface area (Å²) in [7, 11) is 0. The van der Waals surface area contributed by atoms with E-state index >= 15 is 0 Å². The third-order valence-corrected chi connectivity index (χ3v) is 5.66. The molecule has 0 spiro atoms. The first-order valence-corrected chi connectivity index (χ1v) is 9.81. The smallest absolute Gasteiger partial charge is 0.269 e. The number of nitro benzene ring substituents is 1. The zero-order chi connectivity index (χ0) is 19.9. The standard InChI is InChI=1S/C22H26N4O2/c1-15-12-18(14-22(2,3)13-15)25-20-7-5-4-6-19(20)24-21(25)23-16-8-10-17(11-9-16)26(27)28/h4-11,15,18H,12-14H2,1-3H3,(H,23,24)/t15-,18-/m1/s1. The highest BCUT2D eigenvalue weighted by Crippen LogP contribution is 2.46. The van der Waals surface area contributed by atoms with Gasteiger partial charge in [0.25, 0.3) is 5.69 Å². The van der Waals surface area contributed by atoms with Crippen LogP contribution in [0.3, 0.4) is 0 Å². The van der Waals surface area contributed by atoms with Crippen LogP contribution in [-0.2, 0) is 0 Å². The molecule has 1 saturated carbocycles. The van der Waals surface area contributed by atoms with Gasteiger partial charge in [-0.2, -0.15) is 0 Å². The minimum atomic E-state index is -0.384. The number of fused-ring (bicyclic) bond motifs is 1. The van der Waals surface area contributed by atoms with E-state index in [1.54, 1.807) is 12.1 Å². The highest BCUT2D eigenvalue weighted by molar-refractivity contribution is 5.80. The van der Waals surface area contributed by atoms with Crippen LogP contribution < -0.4 is 5.32 Å². The second-order valence-electron chi connectivity index (χ2n) is 8.79. The SMILES string of the molecule is C[C@@H]1C[C@@H](n2c(Nc3ccc([N+](=O)[O-])cc3)nc3ccccc32)CC(C)(C)C1. The van der Waals surface area contributed by atoms with Crippen LogP contribution in [0.5, 0.6) is 0 Å². The number of hydrogen-bond acceptors (Lipinski definition) is 4. The summed E-state index contributed by atoms with van der Waals surface area (Å²) in [6.45, 7) is 7.02. The van der Waals surface area contributed by atoms with E-state index in [0.29, 0.717) is 17.4 Å². The Morgan fingerprint density at radius 2 is 1.86 bits per heavy atom. The number of para-hydroxylation sites is 2. The molecule has 3 aromatic rings. The highest BCUT2D eigenvalue weighted by atomic mass is 16.6. The molecule has 2 aromatic carbocycles. The van der Waals surface area contributed by atoms with E-state index in [9.17, 15) is 10.1 Å². The van der Waals surface area contributed by atoms with Gasteiger partial charge in [0.2, 0.25) is 5.95 Å². The number of benzene rings is 2. The van der Waals surface area contributed by atoms with Gasteiger partial charge in [-0.3, -0.25) is 10.1 Å². The molecule has 0 radical (unpaired) electrons. The lowest BCUT2D eigenvalue weighted by molar-refractivity contribution is -0.384. The van der Waals surface area contributed by atoms with Crippen LogP contribution in [0.15, 0.2) is 48.5 Å². The van der Waals surface area contributed by atoms with Crippen molar-refractivity contribution in [3.05, 3.63) is 58.6 Å². The summed E-state index contributed by atoms with van der Waals surface area (Å²) in [6, 6.07) is 15.1. The Balaban J connectivity index is 1.74. The molecule has 0 aliphatic heterocycles. The molecule has 1 heterocycles. The number of anilines is 2. The zero-order valence-corrected chi connectivity index (χ0v) is 16.6. The summed E-state index contributed by atoms with van der Waals surface area (Å²) in [5.41, 5.74) is 3.26. The van der Waals surface area contributed by atoms with Crippen molar-refractivity contribution < 1.29 is 4.92 Å². The van der Waals surface area contributed by atoms with Crippen LogP contribution in [0.1, 0.15) is 46.1 Å². The fraction of sp³-hybridized carbons (Fsp3) is 0.409. The maximum Gasteiger partial charge on any atom is 0.269 e. The molecule has 4 rings (SSSR count). The molecule has 0 saturated heterocycles. The summed E-state index contributed by atoms with van der Waals surface area (Å²) in [6.07, 6.45) is 3.46. The number of hydrogen-bond donors (Lipinski definition) is 1. The first kappa shape index (κ1) is 18.5. The number of nitrogens with zero attached hydrogens (tertiary/aromatic N) is 3. The molecule has 0 amide bonds. The van der Waals surface area contributed by atoms with Gasteiger partial charge < -0.3 is 9.88 Å². The maximum absolute atomic E-state index is 10.9. The lowest BCUT2D eigenvalue weighted by Gasteiger charge is -2.40. The highest BCUT2D eigenvalue weighted by Gasteiger charge is 2.34. The topological polar surface area (TPSA) is 73.0 Å². The minimum Gasteiger partial charge on any atom is -0.326 e. The van der Waals surface area contributed by atoms with Crippen LogP contribution in [-0.4, -0.2) is 14.5 Å². The average molecular weight is 378 g/mol. The summed E-state index contributed by atoms with van der Waals surface area (Å²) in [4.78, 5) is 15.4. The summed E-state index contributed by atoms with van der Waals surface area (Å²) < 4.78 is 2.33. The monoisotopic (exact) mass is 378 g/mol. The molecule has 6 nitrogen and oxygen atoms in total. The van der Waals surface area contributed by atoms with Gasteiger partial charge in [0.15, 0.2) is 0 Å². The number of nitro groups is 1. The third-order valence-electron chi connectivity index (χ3n) is 5.66. The summed E-state index contributed by atoms with van der Waals surface area (Å²) >= 11 is 0. The Hall–Kier alpha value is -2.89. The number of nitrogens with one attached hydrogen (secondary N) is 1. The van der Waals surface area contributed by atoms with Gasteiger partial charge in [-0.05, 0) is 54.9 Å². The molecule has 0 bridgehead atoms. The molecule has 6 heteroatoms. The number of rotatable bonds is 4. The zero-order valence-electron chi connectivity index (χ0n) is 16.6. The molecule has 1 N–H and O–H groups in total. The van der Waals surface area contributed by atoms with Crippen LogP contribution in [0.4, 0.5) is 17.3 Å². The minimum absolute atomic E-state index is 0.0851. The van der Waals surface area contributed by atoms with Crippen LogP contribution >= 0.6 is 0 Å². The van der Waals surface area contributed by atoms with E-state index in [1.165, 1.54) is 18.6 Å². The predicted molar refractivity (Wildman–Crippen MR) is 112 cm³/mol. The van der Waals surface area contributed by atoms with Crippen molar-refractivity contribution >= 4 is 28.4 Å². The normalized spacial score (nSPS) is 21.5. The molecule has 0 unspecified atom stereocenters. The Kier molecular flexibility index (Phi) is 4.57. The molecule has 1 aliphatic rings. The van der Waals surface area contributed by atoms with Gasteiger partial charge in [0, 0.05) is 23.9 Å². The quantitative estimate of drug-likeness (QED) is 0.441. The molecular formula is C22H26N4O2. The third kappa shape index (κ3) is 3.59. The van der Waals surface area contributed by atoms with Crippen molar-refractivity contribution in [3.63, 3.8) is 0 Å². The number of imidazole rings is 1. The number of aromatic nitrogens is 2. The predicted octanol–water partition coefficient (Wildman–Crippen LogP) is 6.08. The fourth-order valence-corrected chi connectivity index (χ4v) is 4.79. The molecule has 146 valence electrons. The Bertz CT molecular complexity index is 1010. The van der Waals surface area contributed by atoms with Gasteiger partial charge in [-0.15, -0.1) is 0 Å². The van der Waals surface area contributed by atoms with Crippen molar-refractivity contribution in [2.45, 2.75) is 46.1 Å². The van der Waals surface area contributed by atoms with Gasteiger partial charge in [0.1, 0.15) is 0 Å². The molecule has 2 atom stereocenters. The van der Waals surface area contributed by atoms with Crippen molar-refractivity contribution in [2.75, 3.05) is 5.32 Å². The molecular weight excluding hydrogens is 352 g/mol. The van der Waals surface area contributed by atoms with E-state index in [-0.39, 0.29) is 10.6 Å². The van der Waals surface area contributed by atoms with Gasteiger partial charge in [-0.25, -0.2) is 4.98 Å². The first-order valence-electron chi connectivity index (χ1n) is 9.81. The summed E-state index contributed by atoms with van der Waals surface area (Å²) in [5.74, 6) is 1.45. The Morgan fingerprint density at radius 3 is 2.54 bits per heavy atom. The van der Waals surface area contributed by atoms with E-state index < -0.39 is 0 Å². The Morgan fingerprint density at radius 1 is 1.14 bits per heavy atom. The van der Waals surface area contributed by atoms with Gasteiger partial charge >= 0.3 is 0 Å². The van der Waals surface area contributed by atoms with Crippen LogP contribution in [0.25, 0.3) is 11.0 Å². The second kappa shape index (κ2) is 6.93. The maximum atomic E-state index is 10.9. The molecule has 1 fully saturated rings. The lowest BCUT2D eigenvalue weighted by atomic mass is 9.70. The van der Waals surface area contributed by atoms with Crippen molar-refractivity contribution in [1.29, 1.82) is 0 Å². The van der Waals surface area contributed by atoms with Crippen LogP contribution in [0, 0.1) is 21.4 Å². The van der Waals surface area contributed by atoms with E-state index in [1.807, 2.05) is 18.2 Å². The van der Waals surface area contributed by atoms with Crippen molar-refractivity contribution in [1.82, 2.24) is 9.55 Å². The largest absolute Gasteiger partial charge is 0.326 e. The molecule has 28 heavy (non-hydrogen) atoms. The average Bonchev–Trinajstić information content (AvgIpc) is 2.98. The molecule has 1 aliphatic carbocycles. The van der Waals surface area contributed by atoms with Crippen molar-refractivity contribution in [2.24, 2.45) is 11.3 Å². The van der Waals surface area contributed by atoms with E-state index in [0.717, 1.165) is 35.5 Å². The fourth-order valence-electron chi connectivity index (χ4n) is 4.79. The molecule has 1 aromatic heterocycles. The van der Waals surface area contributed by atoms with Crippen LogP contribution in [0.2, 0.25) is 0 Å².